The number of esters is 1. The highest BCUT2D eigenvalue weighted by molar-refractivity contribution is 5.69. The molecule has 1 aliphatic carbocycles. The number of para-hydroxylation sites is 1. The smallest absolute Gasteiger partial charge is 0.407 e. The van der Waals surface area contributed by atoms with Crippen LogP contribution in [0.25, 0.3) is 0 Å². The second kappa shape index (κ2) is 22.1. The average Bonchev–Trinajstić information content (AvgIpc) is 3.32. The molecule has 0 radical (unpaired) electrons. The number of carbonyl (C=O) groups excluding carboxylic acids is 2. The van der Waals surface area contributed by atoms with Crippen LogP contribution in [0, 0.1) is 32.1 Å². The SMILES string of the molecule is O=C(CCC/C=C\C[C@@H]1[C@@H](/C=C/C(F)(F)COc2ccccc2)[C@H](O)C[C@@H]1O)OCCNC(=O)OCCCCC(CO[N+](=O)[O-])O[N+](=O)[O-]. The summed E-state index contributed by atoms with van der Waals surface area (Å²) < 4.78 is 43.9. The van der Waals surface area contributed by atoms with Gasteiger partial charge in [-0.3, -0.25) is 4.79 Å². The number of aliphatic hydroxyl groups excluding tert-OH is 2. The van der Waals surface area contributed by atoms with E-state index in [2.05, 4.69) is 15.0 Å². The van der Waals surface area contributed by atoms with E-state index >= 15 is 0 Å². The van der Waals surface area contributed by atoms with Crippen molar-refractivity contribution in [3.8, 4) is 5.75 Å². The number of nitrogens with zero attached hydrogens (tertiary/aromatic N) is 2. The third kappa shape index (κ3) is 18.0. The van der Waals surface area contributed by atoms with E-state index in [4.69, 9.17) is 14.2 Å². The van der Waals surface area contributed by atoms with Crippen molar-refractivity contribution < 1.29 is 62.6 Å². The topological polar surface area (TPSA) is 219 Å². The molecule has 2 rings (SSSR count). The fraction of sp³-hybridized carbons (Fsp3) is 0.613. The Morgan fingerprint density at radius 3 is 2.49 bits per heavy atom. The number of hydrogen-bond donors (Lipinski definition) is 3. The zero-order valence-electron chi connectivity index (χ0n) is 26.8. The minimum atomic E-state index is -3.27. The third-order valence-electron chi connectivity index (χ3n) is 7.37. The second-order valence-corrected chi connectivity index (χ2v) is 11.2. The highest BCUT2D eigenvalue weighted by Gasteiger charge is 2.40. The quantitative estimate of drug-likeness (QED) is 0.0457. The normalized spacial score (nSPS) is 19.8. The molecule has 5 atom stereocenters. The van der Waals surface area contributed by atoms with Gasteiger partial charge in [-0.15, -0.1) is 20.2 Å². The van der Waals surface area contributed by atoms with Gasteiger partial charge in [0.1, 0.15) is 25.1 Å². The molecule has 1 unspecified atom stereocenters. The zero-order chi connectivity index (χ0) is 36.1. The Kier molecular flexibility index (Phi) is 18.3. The molecule has 274 valence electrons. The number of nitrogens with one attached hydrogen (secondary N) is 1. The minimum Gasteiger partial charge on any atom is -0.487 e. The van der Waals surface area contributed by atoms with Gasteiger partial charge in [0, 0.05) is 18.8 Å². The van der Waals surface area contributed by atoms with Gasteiger partial charge in [0.2, 0.25) is 0 Å². The maximum absolute atomic E-state index is 14.4. The number of ether oxygens (including phenoxy) is 3. The van der Waals surface area contributed by atoms with Crippen molar-refractivity contribution >= 4 is 12.1 Å². The van der Waals surface area contributed by atoms with Gasteiger partial charge in [0.15, 0.2) is 6.61 Å². The molecule has 1 amide bonds. The summed E-state index contributed by atoms with van der Waals surface area (Å²) in [5.41, 5.74) is 0. The molecule has 1 aromatic rings. The van der Waals surface area contributed by atoms with Crippen LogP contribution >= 0.6 is 0 Å². The maximum atomic E-state index is 14.4. The number of benzene rings is 1. The van der Waals surface area contributed by atoms with E-state index in [1.54, 1.807) is 42.5 Å². The van der Waals surface area contributed by atoms with Crippen molar-refractivity contribution in [1.29, 1.82) is 0 Å². The molecule has 1 aliphatic rings. The van der Waals surface area contributed by atoms with Crippen molar-refractivity contribution in [3.63, 3.8) is 0 Å². The molecule has 16 nitrogen and oxygen atoms in total. The van der Waals surface area contributed by atoms with Crippen molar-refractivity contribution in [2.45, 2.75) is 75.6 Å². The van der Waals surface area contributed by atoms with Crippen LogP contribution in [0.3, 0.4) is 0 Å². The highest BCUT2D eigenvalue weighted by atomic mass is 19.3. The van der Waals surface area contributed by atoms with Gasteiger partial charge < -0.3 is 39.4 Å². The Bertz CT molecular complexity index is 1220. The summed E-state index contributed by atoms with van der Waals surface area (Å²) in [6.07, 6.45) is 4.01. The second-order valence-electron chi connectivity index (χ2n) is 11.2. The summed E-state index contributed by atoms with van der Waals surface area (Å²) in [6.45, 7) is -1.59. The number of carbonyl (C=O) groups is 2. The van der Waals surface area contributed by atoms with E-state index in [0.29, 0.717) is 43.9 Å². The fourth-order valence-corrected chi connectivity index (χ4v) is 4.95. The largest absolute Gasteiger partial charge is 0.487 e. The van der Waals surface area contributed by atoms with Gasteiger partial charge >= 0.3 is 12.1 Å². The monoisotopic (exact) mass is 703 g/mol. The molecule has 1 fully saturated rings. The molecule has 18 heteroatoms. The molecule has 0 spiro atoms. The first-order valence-corrected chi connectivity index (χ1v) is 15.8. The average molecular weight is 704 g/mol. The Balaban J connectivity index is 1.56. The van der Waals surface area contributed by atoms with Gasteiger partial charge in [0.05, 0.1) is 25.4 Å². The summed E-state index contributed by atoms with van der Waals surface area (Å²) in [5.74, 6) is -4.56. The lowest BCUT2D eigenvalue weighted by molar-refractivity contribution is -0.790. The van der Waals surface area contributed by atoms with Gasteiger partial charge in [-0.05, 0) is 62.7 Å². The molecule has 1 aromatic carbocycles. The molecular formula is C31H43F2N3O13. The number of unbranched alkanes of at least 4 members (excludes halogenated alkanes) is 2. The summed E-state index contributed by atoms with van der Waals surface area (Å²) in [4.78, 5) is 52.8. The number of hydrogen-bond acceptors (Lipinski definition) is 13. The number of aliphatic hydroxyl groups is 2. The minimum absolute atomic E-state index is 0.00137. The van der Waals surface area contributed by atoms with Gasteiger partial charge in [0.25, 0.3) is 16.1 Å². The molecule has 0 aliphatic heterocycles. The summed E-state index contributed by atoms with van der Waals surface area (Å²) in [5, 5.41) is 41.6. The Morgan fingerprint density at radius 2 is 1.78 bits per heavy atom. The Morgan fingerprint density at radius 1 is 1.02 bits per heavy atom. The van der Waals surface area contributed by atoms with E-state index in [1.165, 1.54) is 6.08 Å². The summed E-state index contributed by atoms with van der Waals surface area (Å²) in [6, 6.07) is 8.23. The fourth-order valence-electron chi connectivity index (χ4n) is 4.95. The van der Waals surface area contributed by atoms with Gasteiger partial charge in [-0.25, -0.2) is 4.79 Å². The number of alkyl halides is 2. The molecule has 3 N–H and O–H groups in total. The van der Waals surface area contributed by atoms with Gasteiger partial charge in [-0.2, -0.15) is 8.78 Å². The Labute approximate surface area is 281 Å². The molecule has 0 bridgehead atoms. The first kappa shape index (κ1) is 40.6. The highest BCUT2D eigenvalue weighted by Crippen LogP contribution is 2.37. The zero-order valence-corrected chi connectivity index (χ0v) is 26.8. The number of amides is 1. The summed E-state index contributed by atoms with van der Waals surface area (Å²) in [7, 11) is 0. The molecule has 1 saturated carbocycles. The van der Waals surface area contributed by atoms with E-state index in [1.807, 2.05) is 0 Å². The number of rotatable bonds is 24. The van der Waals surface area contributed by atoms with Crippen LogP contribution in [-0.4, -0.2) is 89.7 Å². The first-order valence-electron chi connectivity index (χ1n) is 15.8. The summed E-state index contributed by atoms with van der Waals surface area (Å²) >= 11 is 0. The number of halogens is 2. The van der Waals surface area contributed by atoms with Crippen LogP contribution < -0.4 is 10.1 Å². The van der Waals surface area contributed by atoms with E-state index < -0.39 is 71.5 Å². The molecular weight excluding hydrogens is 660 g/mol. The predicted molar refractivity (Wildman–Crippen MR) is 166 cm³/mol. The van der Waals surface area contributed by atoms with Crippen LogP contribution in [0.15, 0.2) is 54.6 Å². The van der Waals surface area contributed by atoms with Crippen molar-refractivity contribution in [2.75, 3.05) is 33.0 Å². The number of alkyl carbamates (subject to hydrolysis) is 1. The number of allylic oxidation sites excluding steroid dienone is 2. The van der Waals surface area contributed by atoms with Crippen molar-refractivity contribution in [3.05, 3.63) is 74.9 Å². The van der Waals surface area contributed by atoms with E-state index in [9.17, 15) is 48.8 Å². The van der Waals surface area contributed by atoms with Crippen molar-refractivity contribution in [1.82, 2.24) is 5.32 Å². The third-order valence-corrected chi connectivity index (χ3v) is 7.37. The molecule has 0 heterocycles. The van der Waals surface area contributed by atoms with E-state index in [-0.39, 0.29) is 39.0 Å². The Hall–Kier alpha value is -4.58. The lowest BCUT2D eigenvalue weighted by Crippen LogP contribution is -2.29. The standard InChI is InChI=1S/C31H43F2N3O13/c32-31(33,22-47-23-10-4-3-5-11-23)16-15-26-25(27(37)20-28(26)38)13-6-1-2-7-14-29(39)45-19-17-34-30(40)46-18-9-8-12-24(49-36(43)44)21-48-35(41)42/h1,3-6,10-11,15-16,24-28,37-38H,2,7-9,12-14,17-22H2,(H,34,40)/b6-1-,16-15+/t24?,25-,26-,27+,28-/m1/s1. The maximum Gasteiger partial charge on any atom is 0.407 e. The van der Waals surface area contributed by atoms with Crippen LogP contribution in [-0.2, 0) is 23.9 Å². The van der Waals surface area contributed by atoms with Crippen LogP contribution in [0.1, 0.15) is 51.4 Å². The van der Waals surface area contributed by atoms with E-state index in [0.717, 1.165) is 0 Å². The molecule has 0 aromatic heterocycles. The lowest BCUT2D eigenvalue weighted by atomic mass is 9.89. The predicted octanol–water partition coefficient (Wildman–Crippen LogP) is 3.96. The lowest BCUT2D eigenvalue weighted by Gasteiger charge is -2.20. The van der Waals surface area contributed by atoms with Crippen LogP contribution in [0.2, 0.25) is 0 Å². The molecule has 49 heavy (non-hydrogen) atoms. The van der Waals surface area contributed by atoms with Gasteiger partial charge in [-0.1, -0.05) is 36.4 Å². The molecule has 0 saturated heterocycles. The first-order chi connectivity index (χ1) is 23.4. The van der Waals surface area contributed by atoms with Crippen LogP contribution in [0.5, 0.6) is 5.75 Å². The van der Waals surface area contributed by atoms with Crippen molar-refractivity contribution in [2.24, 2.45) is 11.8 Å². The van der Waals surface area contributed by atoms with Crippen LogP contribution in [0.4, 0.5) is 13.6 Å².